The van der Waals surface area contributed by atoms with Crippen LogP contribution in [0.1, 0.15) is 50.4 Å². The van der Waals surface area contributed by atoms with Gasteiger partial charge in [-0.2, -0.15) is 0 Å². The van der Waals surface area contributed by atoms with Gasteiger partial charge < -0.3 is 20.1 Å². The summed E-state index contributed by atoms with van der Waals surface area (Å²) < 4.78 is 5.76. The van der Waals surface area contributed by atoms with Gasteiger partial charge in [0.1, 0.15) is 6.10 Å². The highest BCUT2D eigenvalue weighted by atomic mass is 16.5. The Kier molecular flexibility index (Phi) is 3.10. The second kappa shape index (κ2) is 4.54. The molecule has 0 radical (unpaired) electrons. The first-order valence-electron chi connectivity index (χ1n) is 7.61. The van der Waals surface area contributed by atoms with Gasteiger partial charge in [0.15, 0.2) is 17.2 Å². The molecule has 0 spiro atoms. The van der Waals surface area contributed by atoms with Gasteiger partial charge in [-0.05, 0) is 37.3 Å². The molecule has 0 heterocycles. The second-order valence-electron chi connectivity index (χ2n) is 7.56. The summed E-state index contributed by atoms with van der Waals surface area (Å²) in [5.41, 5.74) is -0.0518. The summed E-state index contributed by atoms with van der Waals surface area (Å²) in [4.78, 5) is 12.4. The maximum Gasteiger partial charge on any atom is 0.338 e. The van der Waals surface area contributed by atoms with Crippen molar-refractivity contribution in [3.05, 3.63) is 17.7 Å². The van der Waals surface area contributed by atoms with Gasteiger partial charge in [-0.3, -0.25) is 0 Å². The molecule has 3 rings (SSSR count). The second-order valence-corrected chi connectivity index (χ2v) is 7.56. The molecule has 5 nitrogen and oxygen atoms in total. The van der Waals surface area contributed by atoms with E-state index >= 15 is 0 Å². The molecule has 2 saturated carbocycles. The SMILES string of the molecule is CC12CCC(C1)C(C)(C)C2OC(=O)c1cc(O)c(O)c(O)c1. The van der Waals surface area contributed by atoms with E-state index in [1.54, 1.807) is 0 Å². The Balaban J connectivity index is 1.86. The monoisotopic (exact) mass is 306 g/mol. The standard InChI is InChI=1S/C17H22O5/c1-16(2)10-4-5-17(3,8-10)15(16)22-14(21)9-6-11(18)13(20)12(19)7-9/h6-7,10,15,18-20H,4-5,8H2,1-3H3. The van der Waals surface area contributed by atoms with Crippen molar-refractivity contribution in [2.45, 2.75) is 46.1 Å². The molecular weight excluding hydrogens is 284 g/mol. The van der Waals surface area contributed by atoms with Crippen molar-refractivity contribution >= 4 is 5.97 Å². The van der Waals surface area contributed by atoms with Gasteiger partial charge in [0.25, 0.3) is 0 Å². The van der Waals surface area contributed by atoms with Crippen molar-refractivity contribution < 1.29 is 24.9 Å². The number of fused-ring (bicyclic) bond motifs is 2. The molecule has 3 unspecified atom stereocenters. The zero-order valence-electron chi connectivity index (χ0n) is 13.1. The van der Waals surface area contributed by atoms with E-state index in [2.05, 4.69) is 20.8 Å². The molecule has 0 amide bonds. The summed E-state index contributed by atoms with van der Waals surface area (Å²) in [6, 6.07) is 2.22. The highest BCUT2D eigenvalue weighted by molar-refractivity contribution is 5.91. The van der Waals surface area contributed by atoms with Crippen LogP contribution in [0, 0.1) is 16.7 Å². The number of rotatable bonds is 2. The van der Waals surface area contributed by atoms with E-state index in [0.29, 0.717) is 5.92 Å². The maximum absolute atomic E-state index is 12.4. The molecule has 2 fully saturated rings. The minimum absolute atomic E-state index is 0.00909. The predicted molar refractivity (Wildman–Crippen MR) is 79.9 cm³/mol. The number of benzene rings is 1. The summed E-state index contributed by atoms with van der Waals surface area (Å²) in [5, 5.41) is 28.4. The zero-order valence-corrected chi connectivity index (χ0v) is 13.1. The number of carbonyl (C=O) groups excluding carboxylic acids is 1. The quantitative estimate of drug-likeness (QED) is 0.577. The number of esters is 1. The number of ether oxygens (including phenoxy) is 1. The highest BCUT2D eigenvalue weighted by Crippen LogP contribution is 2.63. The molecule has 2 aliphatic rings. The summed E-state index contributed by atoms with van der Waals surface area (Å²) >= 11 is 0. The molecule has 2 aliphatic carbocycles. The third-order valence-corrected chi connectivity index (χ3v) is 5.67. The molecule has 3 atom stereocenters. The predicted octanol–water partition coefficient (Wildman–Crippen LogP) is 3.18. The van der Waals surface area contributed by atoms with E-state index in [0.717, 1.165) is 25.0 Å². The lowest BCUT2D eigenvalue weighted by atomic mass is 9.70. The first kappa shape index (κ1) is 15.0. The van der Waals surface area contributed by atoms with E-state index in [1.807, 2.05) is 0 Å². The van der Waals surface area contributed by atoms with Gasteiger partial charge in [0.2, 0.25) is 0 Å². The van der Waals surface area contributed by atoms with Crippen LogP contribution in [0.3, 0.4) is 0 Å². The number of phenolic OH excluding ortho intramolecular Hbond substituents is 3. The molecular formula is C17H22O5. The van der Waals surface area contributed by atoms with E-state index in [4.69, 9.17) is 4.74 Å². The Hall–Kier alpha value is -1.91. The van der Waals surface area contributed by atoms with Gasteiger partial charge in [-0.15, -0.1) is 0 Å². The first-order valence-corrected chi connectivity index (χ1v) is 7.61. The molecule has 5 heteroatoms. The van der Waals surface area contributed by atoms with Gasteiger partial charge >= 0.3 is 5.97 Å². The van der Waals surface area contributed by atoms with Crippen LogP contribution in [0.25, 0.3) is 0 Å². The number of carbonyl (C=O) groups is 1. The van der Waals surface area contributed by atoms with E-state index in [1.165, 1.54) is 6.42 Å². The molecule has 0 aliphatic heterocycles. The summed E-state index contributed by atoms with van der Waals surface area (Å²) in [6.45, 7) is 6.42. The Bertz CT molecular complexity index is 608. The van der Waals surface area contributed by atoms with Crippen molar-refractivity contribution in [3.63, 3.8) is 0 Å². The first-order chi connectivity index (χ1) is 10.1. The number of hydrogen-bond donors (Lipinski definition) is 3. The Morgan fingerprint density at radius 1 is 1.18 bits per heavy atom. The normalized spacial score (nSPS) is 32.1. The van der Waals surface area contributed by atoms with Crippen LogP contribution in [0.15, 0.2) is 12.1 Å². The van der Waals surface area contributed by atoms with E-state index in [-0.39, 0.29) is 22.5 Å². The van der Waals surface area contributed by atoms with Crippen molar-refractivity contribution in [1.29, 1.82) is 0 Å². The van der Waals surface area contributed by atoms with E-state index < -0.39 is 23.2 Å². The van der Waals surface area contributed by atoms with Crippen LogP contribution >= 0.6 is 0 Å². The lowest BCUT2D eigenvalue weighted by Gasteiger charge is -2.41. The average molecular weight is 306 g/mol. The van der Waals surface area contributed by atoms with Crippen LogP contribution in [0.2, 0.25) is 0 Å². The third-order valence-electron chi connectivity index (χ3n) is 5.67. The van der Waals surface area contributed by atoms with Crippen molar-refractivity contribution in [2.75, 3.05) is 0 Å². The van der Waals surface area contributed by atoms with Crippen molar-refractivity contribution in [2.24, 2.45) is 16.7 Å². The summed E-state index contributed by atoms with van der Waals surface area (Å²) in [7, 11) is 0. The van der Waals surface area contributed by atoms with Crippen LogP contribution in [0.4, 0.5) is 0 Å². The smallest absolute Gasteiger partial charge is 0.338 e. The molecule has 1 aromatic rings. The topological polar surface area (TPSA) is 87.0 Å². The number of aromatic hydroxyl groups is 3. The minimum Gasteiger partial charge on any atom is -0.504 e. The van der Waals surface area contributed by atoms with Gasteiger partial charge in [-0.1, -0.05) is 20.8 Å². The Morgan fingerprint density at radius 3 is 2.27 bits per heavy atom. The average Bonchev–Trinajstić information content (AvgIpc) is 2.91. The molecule has 1 aromatic carbocycles. The fraction of sp³-hybridized carbons (Fsp3) is 0.588. The number of hydrogen-bond acceptors (Lipinski definition) is 5. The lowest BCUT2D eigenvalue weighted by molar-refractivity contribution is -0.0584. The Morgan fingerprint density at radius 2 is 1.77 bits per heavy atom. The van der Waals surface area contributed by atoms with Crippen molar-refractivity contribution in [1.82, 2.24) is 0 Å². The maximum atomic E-state index is 12.4. The van der Waals surface area contributed by atoms with Crippen LogP contribution in [-0.2, 0) is 4.74 Å². The van der Waals surface area contributed by atoms with Gasteiger partial charge in [0, 0.05) is 10.8 Å². The largest absolute Gasteiger partial charge is 0.504 e. The molecule has 0 saturated heterocycles. The molecule has 3 N–H and O–H groups in total. The van der Waals surface area contributed by atoms with E-state index in [9.17, 15) is 20.1 Å². The van der Waals surface area contributed by atoms with Crippen LogP contribution in [-0.4, -0.2) is 27.4 Å². The van der Waals surface area contributed by atoms with Crippen LogP contribution in [0.5, 0.6) is 17.2 Å². The summed E-state index contributed by atoms with van der Waals surface area (Å²) in [6.07, 6.45) is 3.08. The molecule has 22 heavy (non-hydrogen) atoms. The van der Waals surface area contributed by atoms with Crippen molar-refractivity contribution in [3.8, 4) is 17.2 Å². The minimum atomic E-state index is -0.635. The van der Waals surface area contributed by atoms with Gasteiger partial charge in [-0.25, -0.2) is 4.79 Å². The molecule has 120 valence electrons. The fourth-order valence-corrected chi connectivity index (χ4v) is 4.45. The van der Waals surface area contributed by atoms with Gasteiger partial charge in [0.05, 0.1) is 5.56 Å². The Labute approximate surface area is 129 Å². The molecule has 2 bridgehead atoms. The zero-order chi connectivity index (χ0) is 16.3. The third kappa shape index (κ3) is 2.02. The summed E-state index contributed by atoms with van der Waals surface area (Å²) in [5.74, 6) is -1.74. The fourth-order valence-electron chi connectivity index (χ4n) is 4.45. The van der Waals surface area contributed by atoms with Crippen LogP contribution < -0.4 is 0 Å². The number of phenols is 3. The highest BCUT2D eigenvalue weighted by Gasteiger charge is 2.61. The lowest BCUT2D eigenvalue weighted by Crippen LogP contribution is -2.43. The molecule has 0 aromatic heterocycles.